The first-order valence-electron chi connectivity index (χ1n) is 14.9. The van der Waals surface area contributed by atoms with Gasteiger partial charge in [0, 0.05) is 39.0 Å². The number of carboxylic acid groups (broad SMARTS) is 2. The molecule has 0 aromatic rings. The summed E-state index contributed by atoms with van der Waals surface area (Å²) in [6.07, 6.45) is 2.40. The van der Waals surface area contributed by atoms with E-state index in [1.165, 1.54) is 0 Å². The van der Waals surface area contributed by atoms with E-state index in [1.807, 2.05) is 0 Å². The Hall–Kier alpha value is -1.64. The fraction of sp³-hybridized carbons (Fsp3) is 0.793. The number of rotatable bonds is 18. The number of likely N-dealkylation sites (tertiary alicyclic amines) is 2. The van der Waals surface area contributed by atoms with E-state index >= 15 is 0 Å². The first kappa shape index (κ1) is 50.7. The highest BCUT2D eigenvalue weighted by Gasteiger charge is 2.39. The van der Waals surface area contributed by atoms with Crippen molar-refractivity contribution in [3.8, 4) is 0 Å². The number of amides is 4. The number of thioether (sulfide) groups is 2. The average molecular weight is 779 g/mol. The van der Waals surface area contributed by atoms with Gasteiger partial charge >= 0.3 is 11.9 Å². The summed E-state index contributed by atoms with van der Waals surface area (Å²) < 4.78 is 6.26. The summed E-state index contributed by atoms with van der Waals surface area (Å²) in [5, 5.41) is 31.5. The SMILES string of the molecule is C.CC(C)(C)[Si](C)(C)OC[C@@H]1CCC(=O)N1CCNC(=O)CSCC(=O)O.O=C(O)CSCC(=O)NCCN1C(=O)CC[C@H]1CO.S.S. The molecule has 2 saturated heterocycles. The number of carboxylic acids is 2. The van der Waals surface area contributed by atoms with Crippen molar-refractivity contribution in [3.05, 3.63) is 0 Å². The fourth-order valence-corrected chi connectivity index (χ4v) is 6.45. The van der Waals surface area contributed by atoms with E-state index < -0.39 is 20.3 Å². The molecular weight excluding hydrogens is 721 g/mol. The number of hydrogen-bond donors (Lipinski definition) is 5. The van der Waals surface area contributed by atoms with Crippen molar-refractivity contribution in [2.45, 2.75) is 84.1 Å². The van der Waals surface area contributed by atoms with Gasteiger partial charge in [0.25, 0.3) is 0 Å². The molecule has 2 heterocycles. The van der Waals surface area contributed by atoms with Gasteiger partial charge in [0.05, 0.1) is 48.3 Å². The number of nitrogens with one attached hydrogen (secondary N) is 2. The number of carbonyl (C=O) groups excluding carboxylic acids is 4. The Morgan fingerprint density at radius 2 is 1.21 bits per heavy atom. The van der Waals surface area contributed by atoms with Crippen LogP contribution in [0, 0.1) is 0 Å². The monoisotopic (exact) mass is 778 g/mol. The van der Waals surface area contributed by atoms with Crippen molar-refractivity contribution in [2.24, 2.45) is 0 Å². The predicted octanol–water partition coefficient (Wildman–Crippen LogP) is 1.70. The van der Waals surface area contributed by atoms with Gasteiger partial charge in [-0.2, -0.15) is 27.0 Å². The van der Waals surface area contributed by atoms with Gasteiger partial charge in [0.15, 0.2) is 8.32 Å². The number of hydrogen-bond acceptors (Lipinski definition) is 10. The molecule has 2 aliphatic heterocycles. The van der Waals surface area contributed by atoms with Gasteiger partial charge in [-0.15, -0.1) is 23.5 Å². The third-order valence-corrected chi connectivity index (χ3v) is 14.2. The third kappa shape index (κ3) is 19.5. The fourth-order valence-electron chi connectivity index (χ4n) is 4.28. The Morgan fingerprint density at radius 3 is 1.58 bits per heavy atom. The van der Waals surface area contributed by atoms with Crippen LogP contribution in [0.4, 0.5) is 0 Å². The van der Waals surface area contributed by atoms with E-state index in [4.69, 9.17) is 19.7 Å². The van der Waals surface area contributed by atoms with Crippen LogP contribution in [0.2, 0.25) is 18.1 Å². The maximum Gasteiger partial charge on any atom is 0.313 e. The average Bonchev–Trinajstić information content (AvgIpc) is 3.47. The molecule has 2 atom stereocenters. The molecule has 14 nitrogen and oxygen atoms in total. The minimum atomic E-state index is -1.86. The van der Waals surface area contributed by atoms with Crippen LogP contribution in [0.25, 0.3) is 0 Å². The van der Waals surface area contributed by atoms with Crippen LogP contribution in [0.1, 0.15) is 53.9 Å². The van der Waals surface area contributed by atoms with Gasteiger partial charge in [0.1, 0.15) is 0 Å². The van der Waals surface area contributed by atoms with Crippen LogP contribution < -0.4 is 10.6 Å². The Bertz CT molecular complexity index is 1040. The standard InChI is InChI=1S/C17H32N2O5SSi.C11H18N2O5S.CH4.2H2S/c1-17(2,3)26(4,5)24-10-13-6-7-15(21)19(13)9-8-18-14(20)11-25-12-16(22)23;14-5-8-1-2-10(16)13(8)4-3-12-9(15)6-19-7-11(17)18;;;/h13H,6-12H2,1-5H3,(H,18,20)(H,22,23);8,14H,1-7H2,(H,12,15)(H,17,18);1H4;2*1H2/t13-;8-;;;/m00.../s1. The number of aliphatic hydroxyl groups excluding tert-OH is 1. The van der Waals surface area contributed by atoms with E-state index in [0.717, 1.165) is 29.9 Å². The topological polar surface area (TPSA) is 203 Å². The van der Waals surface area contributed by atoms with Crippen LogP contribution in [0.3, 0.4) is 0 Å². The number of aliphatic carboxylic acids is 2. The summed E-state index contributed by atoms with van der Waals surface area (Å²) in [5.74, 6) is -2.26. The Morgan fingerprint density at radius 1 is 0.812 bits per heavy atom. The van der Waals surface area contributed by atoms with E-state index in [9.17, 15) is 28.8 Å². The Labute approximate surface area is 308 Å². The predicted molar refractivity (Wildman–Crippen MR) is 203 cm³/mol. The van der Waals surface area contributed by atoms with Crippen molar-refractivity contribution in [1.29, 1.82) is 0 Å². The molecule has 5 N–H and O–H groups in total. The van der Waals surface area contributed by atoms with Crippen LogP contribution >= 0.6 is 50.5 Å². The van der Waals surface area contributed by atoms with Crippen LogP contribution in [-0.4, -0.2) is 143 Å². The van der Waals surface area contributed by atoms with Crippen molar-refractivity contribution in [1.82, 2.24) is 20.4 Å². The molecule has 0 spiro atoms. The quantitative estimate of drug-likeness (QED) is 0.126. The van der Waals surface area contributed by atoms with Crippen molar-refractivity contribution in [2.75, 3.05) is 62.4 Å². The number of carbonyl (C=O) groups is 6. The summed E-state index contributed by atoms with van der Waals surface area (Å²) in [6, 6.07) is -0.0827. The second-order valence-corrected chi connectivity index (χ2v) is 19.1. The molecule has 2 fully saturated rings. The maximum absolute atomic E-state index is 12.1. The first-order valence-corrected chi connectivity index (χ1v) is 20.2. The van der Waals surface area contributed by atoms with Gasteiger partial charge in [-0.05, 0) is 31.0 Å². The molecule has 0 saturated carbocycles. The molecular formula is C29H58N4O10S4Si. The highest BCUT2D eigenvalue weighted by atomic mass is 32.2. The van der Waals surface area contributed by atoms with Crippen molar-refractivity contribution < 1.29 is 48.5 Å². The van der Waals surface area contributed by atoms with Gasteiger partial charge in [-0.25, -0.2) is 0 Å². The molecule has 48 heavy (non-hydrogen) atoms. The lowest BCUT2D eigenvalue weighted by Gasteiger charge is -2.38. The lowest BCUT2D eigenvalue weighted by molar-refractivity contribution is -0.135. The van der Waals surface area contributed by atoms with Gasteiger partial charge < -0.3 is 40.2 Å². The zero-order valence-corrected chi connectivity index (χ0v) is 32.6. The lowest BCUT2D eigenvalue weighted by Crippen LogP contribution is -2.46. The summed E-state index contributed by atoms with van der Waals surface area (Å²) >= 11 is 2.08. The zero-order valence-electron chi connectivity index (χ0n) is 28.0. The smallest absolute Gasteiger partial charge is 0.313 e. The van der Waals surface area contributed by atoms with Gasteiger partial charge in [-0.1, -0.05) is 28.2 Å². The normalized spacial score (nSPS) is 17.3. The minimum Gasteiger partial charge on any atom is -0.481 e. The molecule has 0 bridgehead atoms. The molecule has 0 aliphatic carbocycles. The molecule has 0 radical (unpaired) electrons. The van der Waals surface area contributed by atoms with E-state index in [1.54, 1.807) is 9.80 Å². The molecule has 2 aliphatic rings. The minimum absolute atomic E-state index is 0. The summed E-state index contributed by atoms with van der Waals surface area (Å²) in [5.41, 5.74) is 0. The second-order valence-electron chi connectivity index (χ2n) is 12.3. The maximum atomic E-state index is 12.1. The molecule has 4 amide bonds. The second kappa shape index (κ2) is 25.3. The molecule has 0 unspecified atom stereocenters. The largest absolute Gasteiger partial charge is 0.481 e. The van der Waals surface area contributed by atoms with Crippen LogP contribution in [0.15, 0.2) is 0 Å². The Kier molecular flexibility index (Phi) is 26.8. The molecule has 0 aromatic heterocycles. The van der Waals surface area contributed by atoms with Crippen LogP contribution in [0.5, 0.6) is 0 Å². The Balaban J connectivity index is -0.000000827. The third-order valence-electron chi connectivity index (χ3n) is 7.83. The summed E-state index contributed by atoms with van der Waals surface area (Å²) in [7, 11) is -1.86. The van der Waals surface area contributed by atoms with Crippen molar-refractivity contribution >= 4 is 94.4 Å². The molecule has 2 rings (SSSR count). The van der Waals surface area contributed by atoms with E-state index in [0.29, 0.717) is 52.0 Å². The van der Waals surface area contributed by atoms with E-state index in [-0.39, 0.29) is 105 Å². The van der Waals surface area contributed by atoms with Crippen LogP contribution in [-0.2, 0) is 33.2 Å². The van der Waals surface area contributed by atoms with E-state index in [2.05, 4.69) is 44.5 Å². The zero-order chi connectivity index (χ0) is 34.2. The molecule has 282 valence electrons. The highest BCUT2D eigenvalue weighted by molar-refractivity contribution is 8.00. The lowest BCUT2D eigenvalue weighted by atomic mass is 10.2. The molecule has 19 heteroatoms. The van der Waals surface area contributed by atoms with Gasteiger partial charge in [0.2, 0.25) is 23.6 Å². The van der Waals surface area contributed by atoms with Crippen molar-refractivity contribution in [3.63, 3.8) is 0 Å². The molecule has 0 aromatic carbocycles. The number of aliphatic hydroxyl groups is 1. The highest BCUT2D eigenvalue weighted by Crippen LogP contribution is 2.37. The summed E-state index contributed by atoms with van der Waals surface area (Å²) in [6.45, 7) is 13.0. The number of nitrogens with zero attached hydrogens (tertiary/aromatic N) is 2. The first-order chi connectivity index (χ1) is 21.0. The van der Waals surface area contributed by atoms with Gasteiger partial charge in [-0.3, -0.25) is 28.8 Å². The summed E-state index contributed by atoms with van der Waals surface area (Å²) in [4.78, 5) is 70.7.